The van der Waals surface area contributed by atoms with Crippen molar-refractivity contribution in [3.8, 4) is 11.5 Å². The van der Waals surface area contributed by atoms with E-state index in [1.54, 1.807) is 55.6 Å². The molecule has 0 heterocycles. The molecule has 0 atom stereocenters. The van der Waals surface area contributed by atoms with Crippen LogP contribution in [0.5, 0.6) is 11.5 Å². The molecule has 5 nitrogen and oxygen atoms in total. The Morgan fingerprint density at radius 1 is 0.848 bits per heavy atom. The minimum absolute atomic E-state index is 0.255. The molecule has 0 fully saturated rings. The molecule has 0 aromatic heterocycles. The number of hydrogen-bond acceptors (Lipinski definition) is 5. The second kappa shape index (κ2) is 10.2. The standard InChI is InChI=1S/C27H21ClO5/c1-31-23-13-10-19-14-21(9-8-20(19)15-23)25(29)17-33-27(30)24-4-2-3-5-26(24)32-16-18-6-11-22(28)12-7-18/h2-15H,16-17H2,1H3. The number of esters is 1. The van der Waals surface area contributed by atoms with Crippen LogP contribution in [0.2, 0.25) is 5.02 Å². The zero-order valence-corrected chi connectivity index (χ0v) is 18.7. The van der Waals surface area contributed by atoms with E-state index in [9.17, 15) is 9.59 Å². The number of rotatable bonds is 8. The molecule has 4 aromatic carbocycles. The van der Waals surface area contributed by atoms with Gasteiger partial charge in [0.1, 0.15) is 23.7 Å². The fraction of sp³-hybridized carbons (Fsp3) is 0.111. The first-order chi connectivity index (χ1) is 16.0. The van der Waals surface area contributed by atoms with E-state index in [1.165, 1.54) is 0 Å². The van der Waals surface area contributed by atoms with Crippen LogP contribution < -0.4 is 9.47 Å². The summed E-state index contributed by atoms with van der Waals surface area (Å²) in [4.78, 5) is 25.3. The van der Waals surface area contributed by atoms with Gasteiger partial charge in [0.25, 0.3) is 0 Å². The fourth-order valence-electron chi connectivity index (χ4n) is 3.32. The van der Waals surface area contributed by atoms with Gasteiger partial charge < -0.3 is 14.2 Å². The third-order valence-electron chi connectivity index (χ3n) is 5.12. The van der Waals surface area contributed by atoms with Crippen molar-refractivity contribution in [1.29, 1.82) is 0 Å². The van der Waals surface area contributed by atoms with E-state index >= 15 is 0 Å². The molecule has 0 saturated carbocycles. The number of benzene rings is 4. The molecule has 0 aliphatic carbocycles. The average Bonchev–Trinajstić information content (AvgIpc) is 2.86. The van der Waals surface area contributed by atoms with Gasteiger partial charge in [-0.25, -0.2) is 4.79 Å². The summed E-state index contributed by atoms with van der Waals surface area (Å²) in [6.45, 7) is -0.103. The first-order valence-electron chi connectivity index (χ1n) is 10.3. The van der Waals surface area contributed by atoms with Gasteiger partial charge in [-0.2, -0.15) is 0 Å². The topological polar surface area (TPSA) is 61.8 Å². The highest BCUT2D eigenvalue weighted by atomic mass is 35.5. The third-order valence-corrected chi connectivity index (χ3v) is 5.37. The molecule has 4 aromatic rings. The normalized spacial score (nSPS) is 10.6. The van der Waals surface area contributed by atoms with Crippen LogP contribution in [0.4, 0.5) is 0 Å². The van der Waals surface area contributed by atoms with E-state index in [2.05, 4.69) is 0 Å². The molecule has 0 radical (unpaired) electrons. The summed E-state index contributed by atoms with van der Waals surface area (Å²) in [6.07, 6.45) is 0. The van der Waals surface area contributed by atoms with Crippen molar-refractivity contribution in [3.05, 3.63) is 107 Å². The van der Waals surface area contributed by atoms with Crippen molar-refractivity contribution in [3.63, 3.8) is 0 Å². The molecular weight excluding hydrogens is 440 g/mol. The highest BCUT2D eigenvalue weighted by Gasteiger charge is 2.16. The Kier molecular flexibility index (Phi) is 6.91. The average molecular weight is 461 g/mol. The second-order valence-corrected chi connectivity index (χ2v) is 7.77. The van der Waals surface area contributed by atoms with Crippen molar-refractivity contribution >= 4 is 34.1 Å². The lowest BCUT2D eigenvalue weighted by Gasteiger charge is -2.11. The van der Waals surface area contributed by atoms with E-state index in [0.717, 1.165) is 22.1 Å². The molecule has 6 heteroatoms. The predicted octanol–water partition coefficient (Wildman–Crippen LogP) is 6.12. The van der Waals surface area contributed by atoms with Crippen LogP contribution in [0.15, 0.2) is 84.9 Å². The number of Topliss-reactive ketones (excluding diaryl/α,β-unsaturated/α-hetero) is 1. The van der Waals surface area contributed by atoms with Gasteiger partial charge in [-0.15, -0.1) is 0 Å². The van der Waals surface area contributed by atoms with Crippen molar-refractivity contribution in [1.82, 2.24) is 0 Å². The molecule has 0 spiro atoms. The van der Waals surface area contributed by atoms with Gasteiger partial charge in [-0.1, -0.05) is 54.1 Å². The minimum Gasteiger partial charge on any atom is -0.497 e. The van der Waals surface area contributed by atoms with Gasteiger partial charge >= 0.3 is 5.97 Å². The number of ketones is 1. The number of hydrogen-bond donors (Lipinski definition) is 0. The molecule has 33 heavy (non-hydrogen) atoms. The van der Waals surface area contributed by atoms with E-state index in [-0.39, 0.29) is 24.6 Å². The van der Waals surface area contributed by atoms with E-state index in [4.69, 9.17) is 25.8 Å². The Morgan fingerprint density at radius 2 is 1.58 bits per heavy atom. The highest BCUT2D eigenvalue weighted by Crippen LogP contribution is 2.23. The van der Waals surface area contributed by atoms with E-state index in [1.807, 2.05) is 36.4 Å². The monoisotopic (exact) mass is 460 g/mol. The zero-order valence-electron chi connectivity index (χ0n) is 17.9. The Bertz CT molecular complexity index is 1300. The SMILES string of the molecule is COc1ccc2cc(C(=O)COC(=O)c3ccccc3OCc3ccc(Cl)cc3)ccc2c1. The molecular formula is C27H21ClO5. The lowest BCUT2D eigenvalue weighted by atomic mass is 10.0. The Labute approximate surface area is 196 Å². The van der Waals surface area contributed by atoms with Crippen molar-refractivity contribution in [2.24, 2.45) is 0 Å². The van der Waals surface area contributed by atoms with Crippen LogP contribution in [0, 0.1) is 0 Å². The van der Waals surface area contributed by atoms with Crippen LogP contribution in [-0.2, 0) is 11.3 Å². The highest BCUT2D eigenvalue weighted by molar-refractivity contribution is 6.30. The van der Waals surface area contributed by atoms with Crippen LogP contribution in [0.25, 0.3) is 10.8 Å². The summed E-state index contributed by atoms with van der Waals surface area (Å²) in [6, 6.07) is 24.9. The van der Waals surface area contributed by atoms with Crippen LogP contribution in [0.1, 0.15) is 26.3 Å². The van der Waals surface area contributed by atoms with Gasteiger partial charge in [0.2, 0.25) is 0 Å². The largest absolute Gasteiger partial charge is 0.497 e. The number of ether oxygens (including phenoxy) is 3. The summed E-state index contributed by atoms with van der Waals surface area (Å²) in [5.74, 6) is 0.207. The number of carbonyl (C=O) groups excluding carboxylic acids is 2. The minimum atomic E-state index is -0.624. The summed E-state index contributed by atoms with van der Waals surface area (Å²) >= 11 is 5.91. The first-order valence-corrected chi connectivity index (χ1v) is 10.7. The first kappa shape index (κ1) is 22.4. The van der Waals surface area contributed by atoms with Gasteiger partial charge in [0.15, 0.2) is 12.4 Å². The quantitative estimate of drug-likeness (QED) is 0.234. The lowest BCUT2D eigenvalue weighted by Crippen LogP contribution is -2.15. The molecule has 4 rings (SSSR count). The predicted molar refractivity (Wildman–Crippen MR) is 127 cm³/mol. The number of para-hydroxylation sites is 1. The Balaban J connectivity index is 1.40. The van der Waals surface area contributed by atoms with Gasteiger partial charge in [0, 0.05) is 10.6 Å². The Hall–Kier alpha value is -3.83. The van der Waals surface area contributed by atoms with Gasteiger partial charge in [-0.3, -0.25) is 4.79 Å². The van der Waals surface area contributed by atoms with Crippen molar-refractivity contribution in [2.75, 3.05) is 13.7 Å². The maximum Gasteiger partial charge on any atom is 0.342 e. The van der Waals surface area contributed by atoms with Gasteiger partial charge in [-0.05, 0) is 58.8 Å². The number of carbonyl (C=O) groups is 2. The molecule has 0 N–H and O–H groups in total. The molecule has 0 bridgehead atoms. The van der Waals surface area contributed by atoms with E-state index < -0.39 is 5.97 Å². The third kappa shape index (κ3) is 5.51. The number of fused-ring (bicyclic) bond motifs is 1. The second-order valence-electron chi connectivity index (χ2n) is 7.34. The molecule has 0 amide bonds. The zero-order chi connectivity index (χ0) is 23.2. The fourth-order valence-corrected chi connectivity index (χ4v) is 3.45. The molecule has 166 valence electrons. The maximum atomic E-state index is 12.7. The summed E-state index contributed by atoms with van der Waals surface area (Å²) in [5, 5.41) is 2.49. The van der Waals surface area contributed by atoms with Crippen LogP contribution in [0.3, 0.4) is 0 Å². The smallest absolute Gasteiger partial charge is 0.342 e. The van der Waals surface area contributed by atoms with Crippen LogP contribution >= 0.6 is 11.6 Å². The van der Waals surface area contributed by atoms with E-state index in [0.29, 0.717) is 16.3 Å². The molecule has 0 saturated heterocycles. The summed E-state index contributed by atoms with van der Waals surface area (Å²) in [5.41, 5.74) is 1.63. The maximum absolute atomic E-state index is 12.7. The molecule has 0 aliphatic rings. The number of methoxy groups -OCH3 is 1. The van der Waals surface area contributed by atoms with Crippen LogP contribution in [-0.4, -0.2) is 25.5 Å². The van der Waals surface area contributed by atoms with Crippen molar-refractivity contribution < 1.29 is 23.8 Å². The van der Waals surface area contributed by atoms with Crippen molar-refractivity contribution in [2.45, 2.75) is 6.61 Å². The molecule has 0 aliphatic heterocycles. The van der Waals surface area contributed by atoms with Gasteiger partial charge in [0.05, 0.1) is 7.11 Å². The number of halogens is 1. The molecule has 0 unspecified atom stereocenters. The Morgan fingerprint density at radius 3 is 2.36 bits per heavy atom. The summed E-state index contributed by atoms with van der Waals surface area (Å²) in [7, 11) is 1.61. The lowest BCUT2D eigenvalue weighted by molar-refractivity contribution is 0.0470. The summed E-state index contributed by atoms with van der Waals surface area (Å²) < 4.78 is 16.3.